The normalized spacial score (nSPS) is 10.4. The lowest BCUT2D eigenvalue weighted by Gasteiger charge is -2.25. The summed E-state index contributed by atoms with van der Waals surface area (Å²) < 4.78 is 15.6. The van der Waals surface area contributed by atoms with Gasteiger partial charge >= 0.3 is 6.09 Å². The molecule has 3 aromatic rings. The molecule has 35 heavy (non-hydrogen) atoms. The van der Waals surface area contributed by atoms with Crippen molar-refractivity contribution < 1.29 is 19.0 Å². The topological polar surface area (TPSA) is 89.1 Å². The van der Waals surface area contributed by atoms with Crippen LogP contribution in [0.3, 0.4) is 0 Å². The predicted molar refractivity (Wildman–Crippen MR) is 137 cm³/mol. The number of hydrogen-bond donors (Lipinski definition) is 1. The molecule has 0 saturated heterocycles. The molecule has 0 bridgehead atoms. The number of methoxy groups -OCH3 is 2. The molecule has 0 aliphatic rings. The minimum atomic E-state index is -0.487. The lowest BCUT2D eigenvalue weighted by atomic mass is 10.1. The lowest BCUT2D eigenvalue weighted by molar-refractivity contribution is 0.151. The fourth-order valence-corrected chi connectivity index (χ4v) is 3.61. The second-order valence-corrected chi connectivity index (χ2v) is 8.06. The van der Waals surface area contributed by atoms with Gasteiger partial charge in [0, 0.05) is 27.2 Å². The van der Waals surface area contributed by atoms with Gasteiger partial charge in [0.25, 0.3) is 0 Å². The van der Waals surface area contributed by atoms with E-state index < -0.39 is 6.09 Å². The zero-order chi connectivity index (χ0) is 25.2. The second kappa shape index (κ2) is 12.7. The fourth-order valence-electron chi connectivity index (χ4n) is 3.33. The molecule has 10 heteroatoms. The van der Waals surface area contributed by atoms with Gasteiger partial charge in [-0.3, -0.25) is 0 Å². The predicted octanol–water partition coefficient (Wildman–Crippen LogP) is 4.15. The Balaban J connectivity index is 1.80. The molecular weight excluding hydrogens is 470 g/mol. The van der Waals surface area contributed by atoms with E-state index in [4.69, 9.17) is 25.8 Å². The Morgan fingerprint density at radius 1 is 0.971 bits per heavy atom. The van der Waals surface area contributed by atoms with Gasteiger partial charge in [-0.2, -0.15) is 0 Å². The maximum absolute atomic E-state index is 11.3. The number of hydrogen-bond acceptors (Lipinski definition) is 8. The fraction of sp³-hybridized carbons (Fsp3) is 0.320. The van der Waals surface area contributed by atoms with Crippen molar-refractivity contribution in [3.05, 3.63) is 71.0 Å². The molecule has 0 aliphatic carbocycles. The Morgan fingerprint density at radius 3 is 1.97 bits per heavy atom. The summed E-state index contributed by atoms with van der Waals surface area (Å²) in [7, 11) is 6.61. The number of likely N-dealkylation sites (N-methyl/N-ethyl adjacent to an activating group) is 1. The highest BCUT2D eigenvalue weighted by Gasteiger charge is 2.16. The van der Waals surface area contributed by atoms with Crippen molar-refractivity contribution in [1.29, 1.82) is 0 Å². The van der Waals surface area contributed by atoms with Gasteiger partial charge in [-0.15, -0.1) is 0 Å². The molecule has 1 amide bonds. The molecule has 0 fully saturated rings. The zero-order valence-electron chi connectivity index (χ0n) is 20.3. The summed E-state index contributed by atoms with van der Waals surface area (Å²) in [5, 5.41) is 2.67. The number of halogens is 1. The highest BCUT2D eigenvalue weighted by Crippen LogP contribution is 2.26. The van der Waals surface area contributed by atoms with Crippen LogP contribution in [0.4, 0.5) is 16.4 Å². The number of anilines is 2. The summed E-state index contributed by atoms with van der Waals surface area (Å²) >= 11 is 6.53. The molecule has 0 radical (unpaired) electrons. The van der Waals surface area contributed by atoms with Crippen LogP contribution < -0.4 is 24.6 Å². The van der Waals surface area contributed by atoms with Crippen molar-refractivity contribution in [3.63, 3.8) is 0 Å². The van der Waals surface area contributed by atoms with Gasteiger partial charge < -0.3 is 29.3 Å². The first-order valence-corrected chi connectivity index (χ1v) is 11.4. The highest BCUT2D eigenvalue weighted by molar-refractivity contribution is 6.31. The average Bonchev–Trinajstić information content (AvgIpc) is 2.88. The number of ether oxygens (including phenoxy) is 3. The third-order valence-electron chi connectivity index (χ3n) is 5.31. The van der Waals surface area contributed by atoms with Crippen molar-refractivity contribution in [1.82, 2.24) is 15.3 Å². The summed E-state index contributed by atoms with van der Waals surface area (Å²) in [5.41, 5.74) is 2.18. The summed E-state index contributed by atoms with van der Waals surface area (Å²) in [6.45, 7) is 1.80. The average molecular weight is 500 g/mol. The van der Waals surface area contributed by atoms with Crippen molar-refractivity contribution in [2.24, 2.45) is 0 Å². The van der Waals surface area contributed by atoms with Crippen LogP contribution in [-0.2, 0) is 17.8 Å². The van der Waals surface area contributed by atoms with E-state index >= 15 is 0 Å². The molecule has 186 valence electrons. The van der Waals surface area contributed by atoms with E-state index in [0.29, 0.717) is 31.3 Å². The smallest absolute Gasteiger partial charge is 0.406 e. The van der Waals surface area contributed by atoms with Crippen molar-refractivity contribution in [2.45, 2.75) is 13.1 Å². The monoisotopic (exact) mass is 499 g/mol. The van der Waals surface area contributed by atoms with Crippen LogP contribution in [0, 0.1) is 0 Å². The first-order chi connectivity index (χ1) is 16.9. The van der Waals surface area contributed by atoms with Crippen LogP contribution in [0.25, 0.3) is 0 Å². The van der Waals surface area contributed by atoms with E-state index in [2.05, 4.69) is 20.2 Å². The summed E-state index contributed by atoms with van der Waals surface area (Å²) in [6, 6.07) is 15.8. The van der Waals surface area contributed by atoms with Gasteiger partial charge in [0.15, 0.2) is 11.0 Å². The molecule has 1 N–H and O–H groups in total. The molecule has 0 aliphatic heterocycles. The Labute approximate surface area is 210 Å². The Bertz CT molecular complexity index is 1050. The first-order valence-electron chi connectivity index (χ1n) is 11.0. The van der Waals surface area contributed by atoms with Gasteiger partial charge in [-0.25, -0.2) is 14.8 Å². The molecule has 3 rings (SSSR count). The van der Waals surface area contributed by atoms with Gasteiger partial charge in [-0.05, 0) is 35.4 Å². The van der Waals surface area contributed by atoms with E-state index in [-0.39, 0.29) is 11.8 Å². The SMILES string of the molecule is CNC(=O)OCCN(C)c1ncc(N(Cc2ccc(OC)cc2)Cc2ccc(OC)cc2)nc1Cl. The molecule has 9 nitrogen and oxygen atoms in total. The number of rotatable bonds is 11. The van der Waals surface area contributed by atoms with Gasteiger partial charge in [0.1, 0.15) is 23.9 Å². The van der Waals surface area contributed by atoms with Crippen LogP contribution in [0.15, 0.2) is 54.7 Å². The molecule has 1 heterocycles. The maximum Gasteiger partial charge on any atom is 0.406 e. The Hall–Kier alpha value is -3.72. The zero-order valence-corrected chi connectivity index (χ0v) is 21.1. The summed E-state index contributed by atoms with van der Waals surface area (Å²) in [6.07, 6.45) is 1.21. The second-order valence-electron chi connectivity index (χ2n) is 7.70. The number of amides is 1. The van der Waals surface area contributed by atoms with Crippen molar-refractivity contribution >= 4 is 29.3 Å². The third kappa shape index (κ3) is 7.38. The number of benzene rings is 2. The van der Waals surface area contributed by atoms with Crippen molar-refractivity contribution in [3.8, 4) is 11.5 Å². The number of carbonyl (C=O) groups is 1. The molecule has 1 aromatic heterocycles. The van der Waals surface area contributed by atoms with Crippen LogP contribution in [0.2, 0.25) is 5.15 Å². The molecule has 2 aromatic carbocycles. The van der Waals surface area contributed by atoms with Crippen LogP contribution in [0.5, 0.6) is 11.5 Å². The lowest BCUT2D eigenvalue weighted by Crippen LogP contribution is -2.28. The summed E-state index contributed by atoms with van der Waals surface area (Å²) in [5.74, 6) is 2.74. The highest BCUT2D eigenvalue weighted by atomic mass is 35.5. The third-order valence-corrected chi connectivity index (χ3v) is 5.57. The molecule has 0 atom stereocenters. The van der Waals surface area contributed by atoms with E-state index in [9.17, 15) is 4.79 Å². The van der Waals surface area contributed by atoms with Gasteiger partial charge in [0.05, 0.1) is 27.0 Å². The van der Waals surface area contributed by atoms with Crippen molar-refractivity contribution in [2.75, 3.05) is 51.3 Å². The molecule has 0 spiro atoms. The molecule has 0 saturated carbocycles. The van der Waals surface area contributed by atoms with Crippen LogP contribution in [0.1, 0.15) is 11.1 Å². The maximum atomic E-state index is 11.3. The minimum Gasteiger partial charge on any atom is -0.497 e. The van der Waals surface area contributed by atoms with Crippen LogP contribution in [-0.4, -0.2) is 57.5 Å². The molecule has 0 unspecified atom stereocenters. The quantitative estimate of drug-likeness (QED) is 0.421. The minimum absolute atomic E-state index is 0.191. The van der Waals surface area contributed by atoms with Gasteiger partial charge in [0.2, 0.25) is 0 Å². The molecular formula is C25H30ClN5O4. The van der Waals surface area contributed by atoms with Gasteiger partial charge in [-0.1, -0.05) is 35.9 Å². The summed E-state index contributed by atoms with van der Waals surface area (Å²) in [4.78, 5) is 24.3. The van der Waals surface area contributed by atoms with E-state index in [1.165, 1.54) is 7.05 Å². The Morgan fingerprint density at radius 2 is 1.51 bits per heavy atom. The Kier molecular flexibility index (Phi) is 9.37. The van der Waals surface area contributed by atoms with Crippen LogP contribution >= 0.6 is 11.6 Å². The first kappa shape index (κ1) is 25.9. The number of carbonyl (C=O) groups excluding carboxylic acids is 1. The number of alkyl carbamates (subject to hydrolysis) is 1. The standard InChI is InChI=1S/C25H30ClN5O4/c1-27-25(32)35-14-13-30(2)24-23(26)29-22(15-28-24)31(16-18-5-9-20(33-3)10-6-18)17-19-7-11-21(34-4)12-8-19/h5-12,15H,13-14,16-17H2,1-4H3,(H,27,32). The number of nitrogens with zero attached hydrogens (tertiary/aromatic N) is 4. The van der Waals surface area contributed by atoms with E-state index in [1.54, 1.807) is 25.3 Å². The number of aromatic nitrogens is 2. The van der Waals surface area contributed by atoms with E-state index in [1.807, 2.05) is 55.6 Å². The van der Waals surface area contributed by atoms with E-state index in [0.717, 1.165) is 22.6 Å². The number of nitrogens with one attached hydrogen (secondary N) is 1. The largest absolute Gasteiger partial charge is 0.497 e.